The van der Waals surface area contributed by atoms with Gasteiger partial charge in [-0.15, -0.1) is 6.42 Å². The maximum atomic E-state index is 10.9. The Bertz CT molecular complexity index is 407. The minimum absolute atomic E-state index is 0.0209. The Hall–Kier alpha value is -1.95. The zero-order chi connectivity index (χ0) is 12.0. The van der Waals surface area contributed by atoms with Gasteiger partial charge in [0.25, 0.3) is 0 Å². The van der Waals surface area contributed by atoms with Crippen molar-refractivity contribution < 1.29 is 4.79 Å². The molecule has 0 aliphatic heterocycles. The molecule has 0 aliphatic rings. The Labute approximate surface area is 96.2 Å². The van der Waals surface area contributed by atoms with Gasteiger partial charge in [-0.2, -0.15) is 0 Å². The molecule has 0 aromatic heterocycles. The summed E-state index contributed by atoms with van der Waals surface area (Å²) in [6, 6.07) is 7.51. The van der Waals surface area contributed by atoms with Crippen molar-refractivity contribution >= 4 is 17.3 Å². The molecule has 84 valence electrons. The normalized spacial score (nSPS) is 11.3. The highest BCUT2D eigenvalue weighted by molar-refractivity contribution is 5.89. The van der Waals surface area contributed by atoms with Gasteiger partial charge in [0.2, 0.25) is 5.91 Å². The van der Waals surface area contributed by atoms with Gasteiger partial charge in [-0.3, -0.25) is 4.79 Å². The van der Waals surface area contributed by atoms with Gasteiger partial charge in [0.15, 0.2) is 0 Å². The van der Waals surface area contributed by atoms with Gasteiger partial charge in [0.05, 0.1) is 6.04 Å². The van der Waals surface area contributed by atoms with Crippen molar-refractivity contribution in [2.45, 2.75) is 26.3 Å². The van der Waals surface area contributed by atoms with Crippen LogP contribution in [0.15, 0.2) is 24.3 Å². The summed E-state index contributed by atoms with van der Waals surface area (Å²) in [5.74, 6) is 2.58. The molecule has 1 aromatic carbocycles. The number of carbonyl (C=O) groups excluding carboxylic acids is 1. The molecule has 2 N–H and O–H groups in total. The van der Waals surface area contributed by atoms with Crippen LogP contribution >= 0.6 is 0 Å². The van der Waals surface area contributed by atoms with Gasteiger partial charge < -0.3 is 10.6 Å². The molecule has 0 spiro atoms. The second-order valence-electron chi connectivity index (χ2n) is 3.53. The SMILES string of the molecule is C#CC(CC)Nc1cccc(NC(C)=O)c1. The monoisotopic (exact) mass is 216 g/mol. The number of hydrogen-bond acceptors (Lipinski definition) is 2. The third-order valence-electron chi connectivity index (χ3n) is 2.13. The molecule has 3 nitrogen and oxygen atoms in total. The maximum Gasteiger partial charge on any atom is 0.221 e. The van der Waals surface area contributed by atoms with Gasteiger partial charge in [-0.1, -0.05) is 18.9 Å². The van der Waals surface area contributed by atoms with Crippen LogP contribution in [0.3, 0.4) is 0 Å². The zero-order valence-electron chi connectivity index (χ0n) is 9.58. The summed E-state index contributed by atoms with van der Waals surface area (Å²) in [6.45, 7) is 3.51. The molecule has 0 bridgehead atoms. The molecule has 0 saturated heterocycles. The van der Waals surface area contributed by atoms with Gasteiger partial charge >= 0.3 is 0 Å². The Morgan fingerprint density at radius 1 is 1.50 bits per heavy atom. The predicted molar refractivity (Wildman–Crippen MR) is 67.3 cm³/mol. The fraction of sp³-hybridized carbons (Fsp3) is 0.308. The number of nitrogens with one attached hydrogen (secondary N) is 2. The summed E-state index contributed by atoms with van der Waals surface area (Å²) in [5, 5.41) is 5.93. The van der Waals surface area contributed by atoms with Crippen molar-refractivity contribution in [1.29, 1.82) is 0 Å². The lowest BCUT2D eigenvalue weighted by molar-refractivity contribution is -0.114. The number of terminal acetylenes is 1. The van der Waals surface area contributed by atoms with Crippen LogP contribution in [0.4, 0.5) is 11.4 Å². The molecule has 0 saturated carbocycles. The lowest BCUT2D eigenvalue weighted by atomic mass is 10.2. The van der Waals surface area contributed by atoms with E-state index in [1.165, 1.54) is 6.92 Å². The van der Waals surface area contributed by atoms with Crippen LogP contribution in [0.1, 0.15) is 20.3 Å². The van der Waals surface area contributed by atoms with E-state index in [1.807, 2.05) is 31.2 Å². The third kappa shape index (κ3) is 3.66. The third-order valence-corrected chi connectivity index (χ3v) is 2.13. The van der Waals surface area contributed by atoms with E-state index in [4.69, 9.17) is 6.42 Å². The van der Waals surface area contributed by atoms with Crippen LogP contribution in [-0.2, 0) is 4.79 Å². The second kappa shape index (κ2) is 5.82. The first kappa shape index (κ1) is 12.1. The smallest absolute Gasteiger partial charge is 0.221 e. The van der Waals surface area contributed by atoms with E-state index in [-0.39, 0.29) is 11.9 Å². The molecule has 3 heteroatoms. The van der Waals surface area contributed by atoms with E-state index in [0.717, 1.165) is 17.8 Å². The van der Waals surface area contributed by atoms with Crippen molar-refractivity contribution in [3.05, 3.63) is 24.3 Å². The summed E-state index contributed by atoms with van der Waals surface area (Å²) < 4.78 is 0. The molecular weight excluding hydrogens is 200 g/mol. The number of hydrogen-bond donors (Lipinski definition) is 2. The quantitative estimate of drug-likeness (QED) is 0.759. The molecule has 0 aliphatic carbocycles. The number of amides is 1. The molecule has 0 fully saturated rings. The van der Waals surface area contributed by atoms with Crippen LogP contribution < -0.4 is 10.6 Å². The molecule has 1 amide bonds. The highest BCUT2D eigenvalue weighted by atomic mass is 16.1. The lowest BCUT2D eigenvalue weighted by Crippen LogP contribution is -2.15. The highest BCUT2D eigenvalue weighted by Crippen LogP contribution is 2.16. The molecule has 0 heterocycles. The second-order valence-corrected chi connectivity index (χ2v) is 3.53. The largest absolute Gasteiger partial charge is 0.372 e. The Balaban J connectivity index is 2.74. The van der Waals surface area contributed by atoms with Crippen LogP contribution in [-0.4, -0.2) is 11.9 Å². The van der Waals surface area contributed by atoms with Gasteiger partial charge in [0.1, 0.15) is 0 Å². The topological polar surface area (TPSA) is 41.1 Å². The number of rotatable bonds is 4. The van der Waals surface area contributed by atoms with Crippen LogP contribution in [0.2, 0.25) is 0 Å². The summed E-state index contributed by atoms with van der Waals surface area (Å²) >= 11 is 0. The zero-order valence-corrected chi connectivity index (χ0v) is 9.58. The Morgan fingerprint density at radius 2 is 2.19 bits per heavy atom. The van der Waals surface area contributed by atoms with E-state index in [0.29, 0.717) is 0 Å². The standard InChI is InChI=1S/C13H16N2O/c1-4-11(5-2)15-13-8-6-7-12(9-13)14-10(3)16/h1,6-9,11,15H,5H2,2-3H3,(H,14,16). The molecular formula is C13H16N2O. The minimum Gasteiger partial charge on any atom is -0.372 e. The molecule has 1 rings (SSSR count). The Morgan fingerprint density at radius 3 is 2.75 bits per heavy atom. The van der Waals surface area contributed by atoms with E-state index in [2.05, 4.69) is 16.6 Å². The van der Waals surface area contributed by atoms with Crippen LogP contribution in [0.25, 0.3) is 0 Å². The number of anilines is 2. The van der Waals surface area contributed by atoms with Crippen LogP contribution in [0.5, 0.6) is 0 Å². The first-order valence-corrected chi connectivity index (χ1v) is 5.26. The predicted octanol–water partition coefficient (Wildman–Crippen LogP) is 2.47. The first-order valence-electron chi connectivity index (χ1n) is 5.26. The average Bonchev–Trinajstić information content (AvgIpc) is 2.25. The molecule has 1 aromatic rings. The summed E-state index contributed by atoms with van der Waals surface area (Å²) in [5.41, 5.74) is 1.68. The highest BCUT2D eigenvalue weighted by Gasteiger charge is 2.02. The molecule has 0 radical (unpaired) electrons. The molecule has 1 unspecified atom stereocenters. The fourth-order valence-corrected chi connectivity index (χ4v) is 1.35. The summed E-state index contributed by atoms with van der Waals surface area (Å²) in [6.07, 6.45) is 6.23. The van der Waals surface area contributed by atoms with Crippen molar-refractivity contribution in [3.8, 4) is 12.3 Å². The number of carbonyl (C=O) groups is 1. The minimum atomic E-state index is -0.0823. The van der Waals surface area contributed by atoms with Gasteiger partial charge in [-0.25, -0.2) is 0 Å². The van der Waals surface area contributed by atoms with Gasteiger partial charge in [0, 0.05) is 18.3 Å². The molecule has 1 atom stereocenters. The summed E-state index contributed by atoms with van der Waals surface area (Å²) in [7, 11) is 0. The van der Waals surface area contributed by atoms with Crippen molar-refractivity contribution in [1.82, 2.24) is 0 Å². The first-order chi connectivity index (χ1) is 7.65. The van der Waals surface area contributed by atoms with E-state index in [9.17, 15) is 4.79 Å². The van der Waals surface area contributed by atoms with Crippen molar-refractivity contribution in [3.63, 3.8) is 0 Å². The Kier molecular flexibility index (Phi) is 4.41. The van der Waals surface area contributed by atoms with E-state index >= 15 is 0 Å². The van der Waals surface area contributed by atoms with Crippen molar-refractivity contribution in [2.75, 3.05) is 10.6 Å². The van der Waals surface area contributed by atoms with Gasteiger partial charge in [-0.05, 0) is 24.6 Å². The average molecular weight is 216 g/mol. The fourth-order valence-electron chi connectivity index (χ4n) is 1.35. The summed E-state index contributed by atoms with van der Waals surface area (Å²) in [4.78, 5) is 10.9. The maximum absolute atomic E-state index is 10.9. The van der Waals surface area contributed by atoms with E-state index in [1.54, 1.807) is 0 Å². The van der Waals surface area contributed by atoms with Crippen molar-refractivity contribution in [2.24, 2.45) is 0 Å². The lowest BCUT2D eigenvalue weighted by Gasteiger charge is -2.13. The number of benzene rings is 1. The molecule has 16 heavy (non-hydrogen) atoms. The van der Waals surface area contributed by atoms with Crippen LogP contribution in [0, 0.1) is 12.3 Å². The van der Waals surface area contributed by atoms with E-state index < -0.39 is 0 Å².